The quantitative estimate of drug-likeness (QED) is 0.827. The van der Waals surface area contributed by atoms with Gasteiger partial charge in [0, 0.05) is 25.8 Å². The van der Waals surface area contributed by atoms with Crippen molar-refractivity contribution in [2.24, 2.45) is 5.92 Å². The topological polar surface area (TPSA) is 12.0 Å². The van der Waals surface area contributed by atoms with Crippen LogP contribution in [0.4, 0.5) is 4.39 Å². The Labute approximate surface area is 125 Å². The molecule has 1 aliphatic rings. The predicted molar refractivity (Wildman–Crippen MR) is 81.9 cm³/mol. The maximum Gasteiger partial charge on any atom is 0.131 e. The van der Waals surface area contributed by atoms with Crippen LogP contribution in [0.2, 0.25) is 0 Å². The Morgan fingerprint density at radius 2 is 2.11 bits per heavy atom. The van der Waals surface area contributed by atoms with Crippen molar-refractivity contribution in [3.63, 3.8) is 0 Å². The van der Waals surface area contributed by atoms with Gasteiger partial charge in [-0.05, 0) is 56.1 Å². The molecular weight excluding hydrogens is 325 g/mol. The molecule has 2 aromatic rings. The first-order chi connectivity index (χ1) is 9.19. The van der Waals surface area contributed by atoms with E-state index in [9.17, 15) is 4.39 Å². The molecule has 3 rings (SSSR count). The average molecular weight is 340 g/mol. The van der Waals surface area contributed by atoms with Gasteiger partial charge in [-0.15, -0.1) is 11.3 Å². The van der Waals surface area contributed by atoms with E-state index in [-0.39, 0.29) is 5.82 Å². The molecule has 0 aliphatic heterocycles. The molecule has 0 bridgehead atoms. The van der Waals surface area contributed by atoms with Crippen molar-refractivity contribution in [2.75, 3.05) is 7.05 Å². The highest BCUT2D eigenvalue weighted by atomic mass is 79.9. The Balaban J connectivity index is 1.94. The summed E-state index contributed by atoms with van der Waals surface area (Å²) in [5.41, 5.74) is 0.677. The second-order valence-electron chi connectivity index (χ2n) is 4.93. The number of rotatable bonds is 4. The first-order valence-corrected chi connectivity index (χ1v) is 8.02. The van der Waals surface area contributed by atoms with Crippen molar-refractivity contribution < 1.29 is 4.39 Å². The van der Waals surface area contributed by atoms with Crippen LogP contribution in [-0.2, 0) is 0 Å². The maximum atomic E-state index is 13.9. The van der Waals surface area contributed by atoms with Crippen molar-refractivity contribution in [1.29, 1.82) is 0 Å². The van der Waals surface area contributed by atoms with Crippen LogP contribution < -0.4 is 5.32 Å². The molecule has 1 nitrogen and oxygen atoms in total. The Morgan fingerprint density at radius 3 is 2.79 bits per heavy atom. The molecule has 0 radical (unpaired) electrons. The van der Waals surface area contributed by atoms with Gasteiger partial charge in [-0.2, -0.15) is 0 Å². The summed E-state index contributed by atoms with van der Waals surface area (Å²) in [6.07, 6.45) is 2.59. The number of nitrogens with one attached hydrogen (secondary N) is 1. The number of halogens is 2. The van der Waals surface area contributed by atoms with Gasteiger partial charge in [0.15, 0.2) is 0 Å². The maximum absolute atomic E-state index is 13.9. The summed E-state index contributed by atoms with van der Waals surface area (Å²) in [5, 5.41) is 3.38. The molecule has 0 saturated heterocycles. The third kappa shape index (κ3) is 2.76. The Bertz CT molecular complexity index is 592. The second kappa shape index (κ2) is 5.35. The SMILES string of the molecule is CNC(c1ccc(-c2cc(Br)ccc2F)s1)C1CC1. The van der Waals surface area contributed by atoms with E-state index in [4.69, 9.17) is 0 Å². The Kier molecular flexibility index (Phi) is 3.74. The number of benzene rings is 1. The third-order valence-corrected chi connectivity index (χ3v) is 5.23. The molecule has 100 valence electrons. The number of hydrogen-bond donors (Lipinski definition) is 1. The van der Waals surface area contributed by atoms with Crippen molar-refractivity contribution >= 4 is 27.3 Å². The van der Waals surface area contributed by atoms with Crippen molar-refractivity contribution in [3.8, 4) is 10.4 Å². The molecule has 1 heterocycles. The van der Waals surface area contributed by atoms with E-state index in [1.54, 1.807) is 17.4 Å². The van der Waals surface area contributed by atoms with E-state index in [1.807, 2.05) is 19.2 Å². The fraction of sp³-hybridized carbons (Fsp3) is 0.333. The second-order valence-corrected chi connectivity index (χ2v) is 6.96. The molecule has 1 aromatic carbocycles. The molecule has 1 fully saturated rings. The smallest absolute Gasteiger partial charge is 0.131 e. The van der Waals surface area contributed by atoms with Gasteiger partial charge in [-0.3, -0.25) is 0 Å². The first kappa shape index (κ1) is 13.3. The van der Waals surface area contributed by atoms with E-state index in [0.29, 0.717) is 11.6 Å². The average Bonchev–Trinajstić information content (AvgIpc) is 3.11. The number of hydrogen-bond acceptors (Lipinski definition) is 2. The van der Waals surface area contributed by atoms with E-state index in [2.05, 4.69) is 27.3 Å². The van der Waals surface area contributed by atoms with Crippen LogP contribution in [0.3, 0.4) is 0 Å². The van der Waals surface area contributed by atoms with Gasteiger partial charge in [0.25, 0.3) is 0 Å². The van der Waals surface area contributed by atoms with Crippen LogP contribution in [0.25, 0.3) is 10.4 Å². The fourth-order valence-corrected chi connectivity index (χ4v) is 3.98. The molecule has 19 heavy (non-hydrogen) atoms. The Hall–Kier alpha value is -0.710. The van der Waals surface area contributed by atoms with Crippen LogP contribution >= 0.6 is 27.3 Å². The van der Waals surface area contributed by atoms with Crippen molar-refractivity contribution in [2.45, 2.75) is 18.9 Å². The normalized spacial score (nSPS) is 16.6. The minimum absolute atomic E-state index is 0.163. The van der Waals surface area contributed by atoms with Gasteiger partial charge in [0.1, 0.15) is 5.82 Å². The van der Waals surface area contributed by atoms with E-state index in [1.165, 1.54) is 23.8 Å². The molecule has 1 saturated carbocycles. The van der Waals surface area contributed by atoms with Crippen molar-refractivity contribution in [1.82, 2.24) is 5.32 Å². The Morgan fingerprint density at radius 1 is 1.32 bits per heavy atom. The highest BCUT2D eigenvalue weighted by Gasteiger charge is 2.32. The number of thiophene rings is 1. The highest BCUT2D eigenvalue weighted by Crippen LogP contribution is 2.44. The molecule has 1 atom stereocenters. The molecule has 1 aliphatic carbocycles. The third-order valence-electron chi connectivity index (χ3n) is 3.53. The van der Waals surface area contributed by atoms with Crippen LogP contribution in [0.15, 0.2) is 34.8 Å². The monoisotopic (exact) mass is 339 g/mol. The molecule has 1 N–H and O–H groups in total. The van der Waals surface area contributed by atoms with Gasteiger partial charge in [-0.1, -0.05) is 15.9 Å². The summed E-state index contributed by atoms with van der Waals surface area (Å²) in [6.45, 7) is 0. The first-order valence-electron chi connectivity index (χ1n) is 6.41. The lowest BCUT2D eigenvalue weighted by atomic mass is 10.1. The fourth-order valence-electron chi connectivity index (χ4n) is 2.39. The lowest BCUT2D eigenvalue weighted by Crippen LogP contribution is -2.16. The standard InChI is InChI=1S/C15H15BrFNS/c1-18-15(9-2-3-9)14-7-6-13(19-14)11-8-10(16)4-5-12(11)17/h4-9,15,18H,2-3H2,1H3. The van der Waals surface area contributed by atoms with Crippen LogP contribution in [0.5, 0.6) is 0 Å². The summed E-state index contributed by atoms with van der Waals surface area (Å²) >= 11 is 5.09. The molecule has 1 aromatic heterocycles. The van der Waals surface area contributed by atoms with Gasteiger partial charge in [0.2, 0.25) is 0 Å². The summed E-state index contributed by atoms with van der Waals surface area (Å²) < 4.78 is 14.8. The van der Waals surface area contributed by atoms with Crippen LogP contribution in [-0.4, -0.2) is 7.05 Å². The van der Waals surface area contributed by atoms with Gasteiger partial charge in [-0.25, -0.2) is 4.39 Å². The molecule has 1 unspecified atom stereocenters. The molecule has 0 spiro atoms. The summed E-state index contributed by atoms with van der Waals surface area (Å²) in [4.78, 5) is 2.30. The predicted octanol–water partition coefficient (Wildman–Crippen LogP) is 4.99. The van der Waals surface area contributed by atoms with Crippen LogP contribution in [0.1, 0.15) is 23.8 Å². The zero-order valence-corrected chi connectivity index (χ0v) is 13.0. The summed E-state index contributed by atoms with van der Waals surface area (Å²) in [6, 6.07) is 9.66. The molecule has 0 amide bonds. The zero-order chi connectivity index (χ0) is 13.4. The van der Waals surface area contributed by atoms with Crippen LogP contribution in [0, 0.1) is 11.7 Å². The van der Waals surface area contributed by atoms with E-state index in [0.717, 1.165) is 15.3 Å². The minimum Gasteiger partial charge on any atom is -0.312 e. The van der Waals surface area contributed by atoms with Gasteiger partial charge >= 0.3 is 0 Å². The largest absolute Gasteiger partial charge is 0.312 e. The van der Waals surface area contributed by atoms with E-state index < -0.39 is 0 Å². The summed E-state index contributed by atoms with van der Waals surface area (Å²) in [7, 11) is 2.00. The minimum atomic E-state index is -0.163. The lowest BCUT2D eigenvalue weighted by Gasteiger charge is -2.12. The van der Waals surface area contributed by atoms with Gasteiger partial charge in [0.05, 0.1) is 0 Å². The highest BCUT2D eigenvalue weighted by molar-refractivity contribution is 9.10. The van der Waals surface area contributed by atoms with E-state index >= 15 is 0 Å². The molecule has 4 heteroatoms. The zero-order valence-electron chi connectivity index (χ0n) is 10.6. The van der Waals surface area contributed by atoms with Gasteiger partial charge < -0.3 is 5.32 Å². The lowest BCUT2D eigenvalue weighted by molar-refractivity contribution is 0.537. The molecular formula is C15H15BrFNS. The summed E-state index contributed by atoms with van der Waals surface area (Å²) in [5.74, 6) is 0.591. The van der Waals surface area contributed by atoms with Crippen molar-refractivity contribution in [3.05, 3.63) is 45.5 Å².